The van der Waals surface area contributed by atoms with Crippen molar-refractivity contribution >= 4 is 34.2 Å². The smallest absolute Gasteiger partial charge is 0.273 e. The van der Waals surface area contributed by atoms with Gasteiger partial charge in [0.25, 0.3) is 17.7 Å². The Labute approximate surface area is 176 Å². The van der Waals surface area contributed by atoms with Crippen molar-refractivity contribution in [3.63, 3.8) is 0 Å². The molecule has 8 nitrogen and oxygen atoms in total. The summed E-state index contributed by atoms with van der Waals surface area (Å²) < 4.78 is 19.2. The molecule has 2 fully saturated rings. The van der Waals surface area contributed by atoms with Crippen LogP contribution in [0.5, 0.6) is 0 Å². The number of anilines is 1. The lowest BCUT2D eigenvalue weighted by molar-refractivity contribution is -0.142. The molecule has 1 unspecified atom stereocenters. The van der Waals surface area contributed by atoms with Gasteiger partial charge in [-0.3, -0.25) is 19.7 Å². The first-order chi connectivity index (χ1) is 14.5. The van der Waals surface area contributed by atoms with Gasteiger partial charge in [-0.2, -0.15) is 0 Å². The Bertz CT molecular complexity index is 952. The van der Waals surface area contributed by atoms with Crippen molar-refractivity contribution in [3.05, 3.63) is 46.7 Å². The van der Waals surface area contributed by atoms with E-state index in [1.807, 2.05) is 0 Å². The summed E-state index contributed by atoms with van der Waals surface area (Å²) in [7, 11) is 0. The van der Waals surface area contributed by atoms with E-state index in [4.69, 9.17) is 4.74 Å². The van der Waals surface area contributed by atoms with Gasteiger partial charge in [0, 0.05) is 38.2 Å². The van der Waals surface area contributed by atoms with Gasteiger partial charge < -0.3 is 14.5 Å². The first kappa shape index (κ1) is 20.4. The van der Waals surface area contributed by atoms with Crippen molar-refractivity contribution in [2.75, 3.05) is 38.1 Å². The highest BCUT2D eigenvalue weighted by atomic mass is 32.1. The van der Waals surface area contributed by atoms with Gasteiger partial charge >= 0.3 is 0 Å². The second-order valence-electron chi connectivity index (χ2n) is 7.09. The normalized spacial score (nSPS) is 19.0. The molecule has 2 aliphatic rings. The molecule has 1 atom stereocenters. The Hall–Kier alpha value is -2.85. The Kier molecular flexibility index (Phi) is 6.05. The molecule has 0 radical (unpaired) electrons. The molecule has 10 heteroatoms. The van der Waals surface area contributed by atoms with Gasteiger partial charge in [-0.05, 0) is 25.0 Å². The highest BCUT2D eigenvalue weighted by Gasteiger charge is 2.32. The Morgan fingerprint density at radius 1 is 1.13 bits per heavy atom. The quantitative estimate of drug-likeness (QED) is 0.798. The number of carbonyl (C=O) groups is 3. The van der Waals surface area contributed by atoms with Crippen LogP contribution in [-0.4, -0.2) is 71.4 Å². The average molecular weight is 432 g/mol. The predicted octanol–water partition coefficient (Wildman–Crippen LogP) is 2.00. The van der Waals surface area contributed by atoms with Gasteiger partial charge in [-0.1, -0.05) is 12.1 Å². The third kappa shape index (κ3) is 4.34. The van der Waals surface area contributed by atoms with E-state index in [0.29, 0.717) is 32.8 Å². The molecule has 2 aromatic rings. The number of hydrogen-bond acceptors (Lipinski definition) is 6. The number of thiazole rings is 1. The largest absolute Gasteiger partial charge is 0.368 e. The van der Waals surface area contributed by atoms with E-state index in [2.05, 4.69) is 10.3 Å². The van der Waals surface area contributed by atoms with Gasteiger partial charge in [0.1, 0.15) is 17.6 Å². The lowest BCUT2D eigenvalue weighted by Gasteiger charge is -2.35. The molecule has 3 heterocycles. The lowest BCUT2D eigenvalue weighted by Crippen LogP contribution is -2.52. The van der Waals surface area contributed by atoms with Crippen molar-refractivity contribution in [3.8, 4) is 0 Å². The maximum Gasteiger partial charge on any atom is 0.273 e. The lowest BCUT2D eigenvalue weighted by atomic mass is 10.2. The fraction of sp³-hybridized carbons (Fsp3) is 0.400. The molecule has 1 aromatic heterocycles. The minimum absolute atomic E-state index is 0.00796. The summed E-state index contributed by atoms with van der Waals surface area (Å²) in [5.41, 5.74) is 0.121. The summed E-state index contributed by atoms with van der Waals surface area (Å²) in [6, 6.07) is 5.65. The molecule has 2 saturated heterocycles. The molecule has 4 rings (SSSR count). The van der Waals surface area contributed by atoms with E-state index >= 15 is 0 Å². The number of piperazine rings is 1. The van der Waals surface area contributed by atoms with Crippen molar-refractivity contribution in [1.82, 2.24) is 14.8 Å². The van der Waals surface area contributed by atoms with Gasteiger partial charge in [0.05, 0.1) is 5.56 Å². The van der Waals surface area contributed by atoms with Crippen LogP contribution in [0.2, 0.25) is 0 Å². The van der Waals surface area contributed by atoms with Crippen molar-refractivity contribution in [2.45, 2.75) is 18.9 Å². The monoisotopic (exact) mass is 432 g/mol. The van der Waals surface area contributed by atoms with Crippen LogP contribution >= 0.6 is 11.3 Å². The molecule has 0 aliphatic carbocycles. The van der Waals surface area contributed by atoms with E-state index in [-0.39, 0.29) is 34.3 Å². The molecule has 1 N–H and O–H groups in total. The van der Waals surface area contributed by atoms with Gasteiger partial charge in [0.15, 0.2) is 5.13 Å². The van der Waals surface area contributed by atoms with E-state index in [0.717, 1.165) is 24.2 Å². The highest BCUT2D eigenvalue weighted by molar-refractivity contribution is 7.14. The number of aromatic nitrogens is 1. The molecule has 0 spiro atoms. The SMILES string of the molecule is O=C(Nc1nc(C(=O)N2CCN(C(=O)C3CCCO3)CC2)cs1)c1ccccc1F. The number of carbonyl (C=O) groups excluding carboxylic acids is 3. The Morgan fingerprint density at radius 2 is 1.87 bits per heavy atom. The summed E-state index contributed by atoms with van der Waals surface area (Å²) in [6.07, 6.45) is 1.29. The molecular weight excluding hydrogens is 411 g/mol. The molecule has 2 aliphatic heterocycles. The molecule has 3 amide bonds. The van der Waals surface area contributed by atoms with E-state index in [9.17, 15) is 18.8 Å². The van der Waals surface area contributed by atoms with E-state index in [1.165, 1.54) is 18.2 Å². The summed E-state index contributed by atoms with van der Waals surface area (Å²) in [6.45, 7) is 2.34. The van der Waals surface area contributed by atoms with Crippen LogP contribution in [0, 0.1) is 5.82 Å². The number of ether oxygens (including phenoxy) is 1. The van der Waals surface area contributed by atoms with Crippen LogP contribution < -0.4 is 5.32 Å². The van der Waals surface area contributed by atoms with Crippen LogP contribution in [0.25, 0.3) is 0 Å². The van der Waals surface area contributed by atoms with Gasteiger partial charge in [-0.25, -0.2) is 9.37 Å². The minimum atomic E-state index is -0.627. The third-order valence-corrected chi connectivity index (χ3v) is 5.90. The second kappa shape index (κ2) is 8.88. The summed E-state index contributed by atoms with van der Waals surface area (Å²) in [5, 5.41) is 4.30. The molecule has 1 aromatic carbocycles. The maximum atomic E-state index is 13.7. The van der Waals surface area contributed by atoms with E-state index in [1.54, 1.807) is 21.2 Å². The fourth-order valence-electron chi connectivity index (χ4n) is 3.51. The number of hydrogen-bond donors (Lipinski definition) is 1. The fourth-order valence-corrected chi connectivity index (χ4v) is 4.19. The Balaban J connectivity index is 1.33. The van der Waals surface area contributed by atoms with Crippen LogP contribution in [0.4, 0.5) is 9.52 Å². The average Bonchev–Trinajstić information content (AvgIpc) is 3.45. The number of amides is 3. The molecule has 0 bridgehead atoms. The highest BCUT2D eigenvalue weighted by Crippen LogP contribution is 2.20. The number of nitrogens with one attached hydrogen (secondary N) is 1. The van der Waals surface area contributed by atoms with Crippen molar-refractivity contribution in [2.24, 2.45) is 0 Å². The third-order valence-electron chi connectivity index (χ3n) is 5.15. The zero-order chi connectivity index (χ0) is 21.1. The van der Waals surface area contributed by atoms with E-state index < -0.39 is 11.7 Å². The molecular formula is C20H21FN4O4S. The number of benzene rings is 1. The zero-order valence-electron chi connectivity index (χ0n) is 16.2. The van der Waals surface area contributed by atoms with Crippen LogP contribution in [0.3, 0.4) is 0 Å². The summed E-state index contributed by atoms with van der Waals surface area (Å²) >= 11 is 1.10. The van der Waals surface area contributed by atoms with Crippen molar-refractivity contribution < 1.29 is 23.5 Å². The van der Waals surface area contributed by atoms with Crippen molar-refractivity contribution in [1.29, 1.82) is 0 Å². The first-order valence-electron chi connectivity index (χ1n) is 9.74. The first-order valence-corrected chi connectivity index (χ1v) is 10.6. The number of nitrogens with zero attached hydrogens (tertiary/aromatic N) is 3. The maximum absolute atomic E-state index is 13.7. The molecule has 0 saturated carbocycles. The predicted molar refractivity (Wildman–Crippen MR) is 108 cm³/mol. The number of rotatable bonds is 4. The standard InChI is InChI=1S/C20H21FN4O4S/c21-14-5-2-1-4-13(14)17(26)23-20-22-15(12-30-20)18(27)24-7-9-25(10-8-24)19(28)16-6-3-11-29-16/h1-2,4-5,12,16H,3,6-11H2,(H,22,23,26). The van der Waals surface area contributed by atoms with Gasteiger partial charge in [0.2, 0.25) is 0 Å². The summed E-state index contributed by atoms with van der Waals surface area (Å²) in [5.74, 6) is -1.52. The van der Waals surface area contributed by atoms with Crippen LogP contribution in [-0.2, 0) is 9.53 Å². The van der Waals surface area contributed by atoms with Gasteiger partial charge in [-0.15, -0.1) is 11.3 Å². The summed E-state index contributed by atoms with van der Waals surface area (Å²) in [4.78, 5) is 44.9. The second-order valence-corrected chi connectivity index (χ2v) is 7.95. The topological polar surface area (TPSA) is 91.8 Å². The molecule has 158 valence electrons. The number of halogens is 1. The molecule has 30 heavy (non-hydrogen) atoms. The zero-order valence-corrected chi connectivity index (χ0v) is 17.0. The van der Waals surface area contributed by atoms with Crippen LogP contribution in [0.15, 0.2) is 29.6 Å². The van der Waals surface area contributed by atoms with Crippen LogP contribution in [0.1, 0.15) is 33.7 Å². The Morgan fingerprint density at radius 3 is 2.57 bits per heavy atom. The minimum Gasteiger partial charge on any atom is -0.368 e.